The molecule has 0 unspecified atom stereocenters. The largest absolute Gasteiger partial charge is 0.389 e. The van der Waals surface area contributed by atoms with Gasteiger partial charge in [0.15, 0.2) is 0 Å². The lowest BCUT2D eigenvalue weighted by Crippen LogP contribution is -2.56. The Hall–Kier alpha value is -0.590. The number of nitrogens with zero attached hydrogens (tertiary/aromatic N) is 1. The van der Waals surface area contributed by atoms with Crippen molar-refractivity contribution in [1.29, 1.82) is 5.26 Å². The number of rotatable bonds is 2. The minimum atomic E-state index is -0.719. The first-order valence-electron chi connectivity index (χ1n) is 10.5. The van der Waals surface area contributed by atoms with Crippen molar-refractivity contribution in [3.8, 4) is 6.07 Å². The zero-order valence-corrected chi connectivity index (χ0v) is 16.3. The van der Waals surface area contributed by atoms with Crippen LogP contribution in [0.4, 0.5) is 0 Å². The van der Waals surface area contributed by atoms with Crippen molar-refractivity contribution in [2.45, 2.75) is 89.8 Å². The van der Waals surface area contributed by atoms with Crippen molar-refractivity contribution in [2.24, 2.45) is 34.5 Å². The van der Waals surface area contributed by atoms with Crippen molar-refractivity contribution >= 4 is 0 Å². The van der Waals surface area contributed by atoms with Gasteiger partial charge in [0.1, 0.15) is 0 Å². The molecule has 0 saturated heterocycles. The van der Waals surface area contributed by atoms with Gasteiger partial charge in [0.2, 0.25) is 0 Å². The Bertz CT molecular complexity index is 571. The maximum Gasteiger partial charge on any atom is 0.0780 e. The smallest absolute Gasteiger partial charge is 0.0780 e. The van der Waals surface area contributed by atoms with Crippen LogP contribution in [0.25, 0.3) is 0 Å². The summed E-state index contributed by atoms with van der Waals surface area (Å²) in [4.78, 5) is 0. The molecule has 3 nitrogen and oxygen atoms in total. The highest BCUT2D eigenvalue weighted by Gasteiger charge is 2.61. The second-order valence-corrected chi connectivity index (χ2v) is 10.3. The van der Waals surface area contributed by atoms with Gasteiger partial charge in [0, 0.05) is 7.11 Å². The summed E-state index contributed by atoms with van der Waals surface area (Å²) in [7, 11) is 1.90. The molecular weight excluding hydrogens is 310 g/mol. The van der Waals surface area contributed by atoms with Crippen LogP contribution in [0.1, 0.15) is 78.1 Å². The third-order valence-corrected chi connectivity index (χ3v) is 9.43. The summed E-state index contributed by atoms with van der Waals surface area (Å²) >= 11 is 0. The van der Waals surface area contributed by atoms with Crippen LogP contribution in [-0.4, -0.2) is 23.9 Å². The van der Waals surface area contributed by atoms with Crippen LogP contribution in [0.5, 0.6) is 0 Å². The first-order chi connectivity index (χ1) is 11.9. The van der Waals surface area contributed by atoms with E-state index in [1.807, 2.05) is 7.11 Å². The van der Waals surface area contributed by atoms with E-state index in [9.17, 15) is 5.11 Å². The van der Waals surface area contributed by atoms with Crippen LogP contribution in [0.3, 0.4) is 0 Å². The van der Waals surface area contributed by atoms with Gasteiger partial charge in [-0.25, -0.2) is 0 Å². The van der Waals surface area contributed by atoms with Gasteiger partial charge in [-0.1, -0.05) is 13.8 Å². The number of aliphatic hydroxyl groups is 1. The van der Waals surface area contributed by atoms with E-state index in [-0.39, 0.29) is 0 Å². The molecule has 0 aliphatic heterocycles. The molecule has 4 rings (SSSR count). The highest BCUT2D eigenvalue weighted by Crippen LogP contribution is 2.67. The molecule has 0 aromatic rings. The van der Waals surface area contributed by atoms with E-state index < -0.39 is 5.60 Å². The average molecular weight is 346 g/mol. The molecule has 4 saturated carbocycles. The topological polar surface area (TPSA) is 53.2 Å². The molecule has 3 heteroatoms. The second-order valence-electron chi connectivity index (χ2n) is 10.3. The van der Waals surface area contributed by atoms with Gasteiger partial charge in [-0.15, -0.1) is 0 Å². The molecule has 0 bridgehead atoms. The molecule has 0 spiro atoms. The van der Waals surface area contributed by atoms with Crippen LogP contribution in [0.15, 0.2) is 0 Å². The lowest BCUT2D eigenvalue weighted by atomic mass is 9.44. The van der Waals surface area contributed by atoms with E-state index in [0.29, 0.717) is 29.3 Å². The predicted octanol–water partition coefficient (Wildman–Crippen LogP) is 4.69. The van der Waals surface area contributed by atoms with Gasteiger partial charge in [0.25, 0.3) is 0 Å². The molecular formula is C22H35NO2. The Morgan fingerprint density at radius 3 is 2.48 bits per heavy atom. The Morgan fingerprint density at radius 1 is 1.00 bits per heavy atom. The summed E-state index contributed by atoms with van der Waals surface area (Å²) in [6.07, 6.45) is 11.3. The standard InChI is InChI=1S/C22H35NO2/c1-20-10-11-22(24,12-13-23)14-15(20)4-5-16-17-6-7-19(25-3)21(17,2)9-8-18(16)20/h15-19,24H,4-12,14H2,1-3H3/t15-,16-,17-,18-,19-,20-,21-,22-/m0/s1. The third kappa shape index (κ3) is 2.51. The summed E-state index contributed by atoms with van der Waals surface area (Å²) < 4.78 is 5.89. The van der Waals surface area contributed by atoms with Gasteiger partial charge in [-0.05, 0) is 92.3 Å². The number of ether oxygens (including phenoxy) is 1. The minimum absolute atomic E-state index is 0.309. The number of hydrogen-bond donors (Lipinski definition) is 1. The fourth-order valence-corrected chi connectivity index (χ4v) is 7.97. The third-order valence-electron chi connectivity index (χ3n) is 9.43. The molecule has 4 fully saturated rings. The quantitative estimate of drug-likeness (QED) is 0.790. The first-order valence-corrected chi connectivity index (χ1v) is 10.5. The average Bonchev–Trinajstić information content (AvgIpc) is 2.92. The van der Waals surface area contributed by atoms with E-state index in [1.165, 1.54) is 38.5 Å². The SMILES string of the molecule is CO[C@H]1CC[C@H]2[C@@H]3CC[C@H]4C[C@@](O)(CC#N)CC[C@]4(C)[C@H]3CC[C@]12C. The van der Waals surface area contributed by atoms with Crippen LogP contribution in [-0.2, 0) is 4.74 Å². The maximum atomic E-state index is 10.8. The van der Waals surface area contributed by atoms with Gasteiger partial charge in [-0.3, -0.25) is 0 Å². The predicted molar refractivity (Wildman–Crippen MR) is 97.7 cm³/mol. The van der Waals surface area contributed by atoms with E-state index in [2.05, 4.69) is 19.9 Å². The van der Waals surface area contributed by atoms with E-state index in [1.54, 1.807) is 0 Å². The van der Waals surface area contributed by atoms with Crippen molar-refractivity contribution < 1.29 is 9.84 Å². The summed E-state index contributed by atoms with van der Waals surface area (Å²) in [5.41, 5.74) is 0.0376. The molecule has 4 aliphatic carbocycles. The number of methoxy groups -OCH3 is 1. The second kappa shape index (κ2) is 5.96. The minimum Gasteiger partial charge on any atom is -0.389 e. The van der Waals surface area contributed by atoms with Gasteiger partial charge in [-0.2, -0.15) is 5.26 Å². The lowest BCUT2D eigenvalue weighted by molar-refractivity contribution is -0.155. The fourth-order valence-electron chi connectivity index (χ4n) is 7.97. The lowest BCUT2D eigenvalue weighted by Gasteiger charge is -2.61. The molecule has 8 atom stereocenters. The Balaban J connectivity index is 1.57. The monoisotopic (exact) mass is 345 g/mol. The zero-order chi connectivity index (χ0) is 17.9. The molecule has 0 amide bonds. The van der Waals surface area contributed by atoms with Gasteiger partial charge < -0.3 is 9.84 Å². The molecule has 140 valence electrons. The Labute approximate surface area is 153 Å². The van der Waals surface area contributed by atoms with Crippen molar-refractivity contribution in [3.63, 3.8) is 0 Å². The van der Waals surface area contributed by atoms with E-state index in [4.69, 9.17) is 10.00 Å². The van der Waals surface area contributed by atoms with Crippen LogP contribution in [0, 0.1) is 45.8 Å². The highest BCUT2D eigenvalue weighted by molar-refractivity contribution is 5.11. The molecule has 4 aliphatic rings. The zero-order valence-electron chi connectivity index (χ0n) is 16.3. The maximum absolute atomic E-state index is 10.8. The number of hydrogen-bond acceptors (Lipinski definition) is 3. The van der Waals surface area contributed by atoms with Gasteiger partial charge in [0.05, 0.1) is 24.2 Å². The highest BCUT2D eigenvalue weighted by atomic mass is 16.5. The van der Waals surface area contributed by atoms with Crippen LogP contribution in [0.2, 0.25) is 0 Å². The fraction of sp³-hybridized carbons (Fsp3) is 0.955. The molecule has 0 heterocycles. The van der Waals surface area contributed by atoms with Gasteiger partial charge >= 0.3 is 0 Å². The first kappa shape index (κ1) is 17.8. The Morgan fingerprint density at radius 2 is 1.76 bits per heavy atom. The molecule has 0 aromatic carbocycles. The van der Waals surface area contributed by atoms with E-state index in [0.717, 1.165) is 37.0 Å². The molecule has 0 aromatic heterocycles. The van der Waals surface area contributed by atoms with Crippen LogP contribution >= 0.6 is 0 Å². The molecule has 0 radical (unpaired) electrons. The Kier molecular flexibility index (Phi) is 4.25. The molecule has 1 N–H and O–H groups in total. The number of nitriles is 1. The van der Waals surface area contributed by atoms with Crippen molar-refractivity contribution in [3.05, 3.63) is 0 Å². The summed E-state index contributed by atoms with van der Waals surface area (Å²) in [6.45, 7) is 5.02. The van der Waals surface area contributed by atoms with Crippen molar-refractivity contribution in [1.82, 2.24) is 0 Å². The summed E-state index contributed by atoms with van der Waals surface area (Å²) in [5, 5.41) is 19.9. The summed E-state index contributed by atoms with van der Waals surface area (Å²) in [6, 6.07) is 2.22. The van der Waals surface area contributed by atoms with Crippen LogP contribution < -0.4 is 0 Å². The molecule has 25 heavy (non-hydrogen) atoms. The normalized spacial score (nSPS) is 54.9. The van der Waals surface area contributed by atoms with Crippen molar-refractivity contribution in [2.75, 3.05) is 7.11 Å². The number of fused-ring (bicyclic) bond motifs is 5. The van der Waals surface area contributed by atoms with E-state index >= 15 is 0 Å². The summed E-state index contributed by atoms with van der Waals surface area (Å²) in [5.74, 6) is 3.09.